The molecule has 3 aromatic rings. The molecule has 10 heteroatoms. The smallest absolute Gasteiger partial charge is 0.318 e. The lowest BCUT2D eigenvalue weighted by atomic mass is 10.0. The van der Waals surface area contributed by atoms with Crippen LogP contribution in [-0.4, -0.2) is 15.7 Å². The molecule has 0 aliphatic rings. The van der Waals surface area contributed by atoms with Gasteiger partial charge in [-0.1, -0.05) is 42.5 Å². The number of aliphatic imine (C=N–C) groups is 1. The van der Waals surface area contributed by atoms with E-state index >= 15 is 0 Å². The molecule has 0 amide bonds. The Bertz CT molecular complexity index is 1060. The van der Waals surface area contributed by atoms with Crippen LogP contribution in [0.2, 0.25) is 0 Å². The Labute approximate surface area is 173 Å². The second kappa shape index (κ2) is 8.84. The normalized spacial score (nSPS) is 13.8. The second-order valence-electron chi connectivity index (χ2n) is 6.50. The van der Waals surface area contributed by atoms with Crippen LogP contribution in [-0.2, 0) is 18.9 Å². The number of benzene rings is 1. The van der Waals surface area contributed by atoms with Gasteiger partial charge in [-0.25, -0.2) is 9.97 Å². The van der Waals surface area contributed by atoms with E-state index in [0.717, 1.165) is 12.1 Å². The number of hydrogen-bond acceptors (Lipinski definition) is 4. The van der Waals surface area contributed by atoms with Gasteiger partial charge in [0.1, 0.15) is 11.4 Å². The van der Waals surface area contributed by atoms with Crippen molar-refractivity contribution in [1.29, 1.82) is 0 Å². The first-order valence-electron chi connectivity index (χ1n) is 8.98. The fourth-order valence-electron chi connectivity index (χ4n) is 2.79. The Hall–Kier alpha value is -3.27. The number of pyridine rings is 2. The first kappa shape index (κ1) is 22.4. The lowest BCUT2D eigenvalue weighted by Gasteiger charge is -2.17. The third-order valence-corrected chi connectivity index (χ3v) is 4.25. The summed E-state index contributed by atoms with van der Waals surface area (Å²) in [6.07, 6.45) is -9.26. The molecule has 0 bridgehead atoms. The van der Waals surface area contributed by atoms with E-state index in [9.17, 15) is 26.3 Å². The minimum Gasteiger partial charge on any atom is -0.318 e. The van der Waals surface area contributed by atoms with Crippen LogP contribution in [0.5, 0.6) is 0 Å². The molecule has 0 spiro atoms. The lowest BCUT2D eigenvalue weighted by molar-refractivity contribution is -0.142. The quantitative estimate of drug-likeness (QED) is 0.440. The molecule has 3 rings (SSSR count). The fraction of sp³-hybridized carbons (Fsp3) is 0.190. The third-order valence-electron chi connectivity index (χ3n) is 4.25. The summed E-state index contributed by atoms with van der Waals surface area (Å²) in [4.78, 5) is 11.4. The van der Waals surface area contributed by atoms with Crippen LogP contribution in [0.25, 0.3) is 0 Å². The van der Waals surface area contributed by atoms with Gasteiger partial charge in [-0.15, -0.1) is 0 Å². The van der Waals surface area contributed by atoms with Crippen LogP contribution >= 0.6 is 0 Å². The van der Waals surface area contributed by atoms with Crippen molar-refractivity contribution >= 4 is 5.71 Å². The van der Waals surface area contributed by atoms with Gasteiger partial charge in [0.05, 0.1) is 29.7 Å². The minimum atomic E-state index is -4.65. The largest absolute Gasteiger partial charge is 0.433 e. The summed E-state index contributed by atoms with van der Waals surface area (Å²) in [5.41, 5.74) is 4.65. The maximum Gasteiger partial charge on any atom is 0.433 e. The van der Waals surface area contributed by atoms with Crippen LogP contribution in [0, 0.1) is 0 Å². The molecular formula is C21H16F6N4. The molecule has 0 aliphatic heterocycles. The van der Waals surface area contributed by atoms with E-state index in [0.29, 0.717) is 5.56 Å². The number of aromatic nitrogens is 2. The van der Waals surface area contributed by atoms with Gasteiger partial charge in [0.25, 0.3) is 0 Å². The molecule has 1 atom stereocenters. The van der Waals surface area contributed by atoms with Gasteiger partial charge in [-0.2, -0.15) is 26.3 Å². The Morgan fingerprint density at radius 3 is 1.97 bits per heavy atom. The minimum absolute atomic E-state index is 0.0347. The SMILES string of the molecule is NC(C(=NCc1cccc(C(F)(F)F)n1)c1ccccc1)c1cccc(C(F)(F)F)n1. The van der Waals surface area contributed by atoms with Crippen molar-refractivity contribution in [3.05, 3.63) is 95.1 Å². The van der Waals surface area contributed by atoms with Gasteiger partial charge in [0, 0.05) is 0 Å². The highest BCUT2D eigenvalue weighted by Crippen LogP contribution is 2.29. The summed E-state index contributed by atoms with van der Waals surface area (Å²) in [5.74, 6) is 0. The summed E-state index contributed by atoms with van der Waals surface area (Å²) in [6.45, 7) is -0.249. The zero-order valence-electron chi connectivity index (χ0n) is 15.8. The maximum absolute atomic E-state index is 13.0. The summed E-state index contributed by atoms with van der Waals surface area (Å²) in [5, 5.41) is 0. The molecule has 2 heterocycles. The van der Waals surface area contributed by atoms with Crippen molar-refractivity contribution in [1.82, 2.24) is 9.97 Å². The maximum atomic E-state index is 13.0. The number of nitrogens with two attached hydrogens (primary N) is 1. The van der Waals surface area contributed by atoms with E-state index in [1.54, 1.807) is 30.3 Å². The first-order valence-corrected chi connectivity index (χ1v) is 8.98. The monoisotopic (exact) mass is 438 g/mol. The van der Waals surface area contributed by atoms with Gasteiger partial charge in [0.2, 0.25) is 0 Å². The lowest BCUT2D eigenvalue weighted by Crippen LogP contribution is -2.25. The predicted molar refractivity (Wildman–Crippen MR) is 102 cm³/mol. The van der Waals surface area contributed by atoms with Crippen molar-refractivity contribution in [3.8, 4) is 0 Å². The summed E-state index contributed by atoms with van der Waals surface area (Å²) < 4.78 is 77.8. The van der Waals surface area contributed by atoms with Gasteiger partial charge >= 0.3 is 12.4 Å². The summed E-state index contributed by atoms with van der Waals surface area (Å²) >= 11 is 0. The molecule has 162 valence electrons. The molecule has 2 N–H and O–H groups in total. The molecule has 0 saturated heterocycles. The van der Waals surface area contributed by atoms with Gasteiger partial charge in [-0.3, -0.25) is 4.99 Å². The highest BCUT2D eigenvalue weighted by atomic mass is 19.4. The van der Waals surface area contributed by atoms with E-state index in [4.69, 9.17) is 5.73 Å². The van der Waals surface area contributed by atoms with Crippen LogP contribution < -0.4 is 5.73 Å². The topological polar surface area (TPSA) is 64.2 Å². The molecular weight excluding hydrogens is 422 g/mol. The molecule has 0 radical (unpaired) electrons. The Kier molecular flexibility index (Phi) is 6.40. The summed E-state index contributed by atoms with van der Waals surface area (Å²) in [7, 11) is 0. The molecule has 0 fully saturated rings. The second-order valence-corrected chi connectivity index (χ2v) is 6.50. The van der Waals surface area contributed by atoms with Crippen molar-refractivity contribution < 1.29 is 26.3 Å². The third kappa shape index (κ3) is 5.66. The first-order chi connectivity index (χ1) is 14.6. The van der Waals surface area contributed by atoms with Crippen molar-refractivity contribution in [3.63, 3.8) is 0 Å². The molecule has 1 unspecified atom stereocenters. The predicted octanol–water partition coefficient (Wildman–Crippen LogP) is 5.20. The van der Waals surface area contributed by atoms with Gasteiger partial charge in [0.15, 0.2) is 0 Å². The van der Waals surface area contributed by atoms with Crippen molar-refractivity contribution in [2.24, 2.45) is 10.7 Å². The van der Waals surface area contributed by atoms with Crippen LogP contribution in [0.1, 0.15) is 34.4 Å². The van der Waals surface area contributed by atoms with E-state index in [-0.39, 0.29) is 23.6 Å². The molecule has 0 saturated carbocycles. The van der Waals surface area contributed by atoms with E-state index in [1.165, 1.54) is 24.3 Å². The van der Waals surface area contributed by atoms with E-state index in [1.807, 2.05) is 0 Å². The zero-order valence-corrected chi connectivity index (χ0v) is 15.8. The average molecular weight is 438 g/mol. The highest BCUT2D eigenvalue weighted by Gasteiger charge is 2.33. The molecule has 31 heavy (non-hydrogen) atoms. The Morgan fingerprint density at radius 2 is 1.35 bits per heavy atom. The fourth-order valence-corrected chi connectivity index (χ4v) is 2.79. The molecule has 4 nitrogen and oxygen atoms in total. The molecule has 2 aromatic heterocycles. The van der Waals surface area contributed by atoms with Crippen molar-refractivity contribution in [2.75, 3.05) is 0 Å². The molecule has 0 aliphatic carbocycles. The number of hydrogen-bond donors (Lipinski definition) is 1. The summed E-state index contributed by atoms with van der Waals surface area (Å²) in [6, 6.07) is 14.0. The van der Waals surface area contributed by atoms with E-state index in [2.05, 4.69) is 15.0 Å². The van der Waals surface area contributed by atoms with Gasteiger partial charge in [-0.05, 0) is 29.8 Å². The number of nitrogens with zero attached hydrogens (tertiary/aromatic N) is 3. The van der Waals surface area contributed by atoms with Crippen LogP contribution in [0.15, 0.2) is 71.7 Å². The van der Waals surface area contributed by atoms with Crippen molar-refractivity contribution in [2.45, 2.75) is 24.9 Å². The number of rotatable bonds is 5. The number of alkyl halides is 6. The number of halogens is 6. The van der Waals surface area contributed by atoms with Crippen LogP contribution in [0.4, 0.5) is 26.3 Å². The Balaban J connectivity index is 1.98. The molecule has 1 aromatic carbocycles. The highest BCUT2D eigenvalue weighted by molar-refractivity contribution is 6.04. The zero-order chi connectivity index (χ0) is 22.6. The standard InChI is InChI=1S/C21H16F6N4/c22-20(23,24)16-10-4-8-14(30-16)12-29-19(13-6-2-1-3-7-13)18(28)15-9-5-11-17(31-15)21(25,26)27/h1-11,18H,12,28H2. The van der Waals surface area contributed by atoms with Crippen LogP contribution in [0.3, 0.4) is 0 Å². The van der Waals surface area contributed by atoms with Gasteiger partial charge < -0.3 is 5.73 Å². The van der Waals surface area contributed by atoms with E-state index < -0.39 is 29.8 Å². The Morgan fingerprint density at radius 1 is 0.774 bits per heavy atom. The average Bonchev–Trinajstić information content (AvgIpc) is 2.73.